The number of rotatable bonds is 11. The second-order valence-electron chi connectivity index (χ2n) is 4.73. The van der Waals surface area contributed by atoms with Crippen molar-refractivity contribution in [3.8, 4) is 0 Å². The zero-order valence-electron chi connectivity index (χ0n) is 12.0. The van der Waals surface area contributed by atoms with E-state index in [1.165, 1.54) is 11.8 Å². The van der Waals surface area contributed by atoms with Crippen molar-refractivity contribution in [2.75, 3.05) is 26.2 Å². The largest absolute Gasteiger partial charge is 0.480 e. The fourth-order valence-corrected chi connectivity index (χ4v) is 1.90. The molecule has 0 rings (SSSR count). The number of hydrogen-bond donors (Lipinski definition) is 5. The second kappa shape index (κ2) is 8.92. The van der Waals surface area contributed by atoms with Crippen LogP contribution in [0.5, 0.6) is 0 Å². The van der Waals surface area contributed by atoms with E-state index in [1.54, 1.807) is 0 Å². The van der Waals surface area contributed by atoms with Crippen molar-refractivity contribution in [2.45, 2.75) is 19.1 Å². The third kappa shape index (κ3) is 7.52. The summed E-state index contributed by atoms with van der Waals surface area (Å²) in [6.07, 6.45) is -1.58. The van der Waals surface area contributed by atoms with Gasteiger partial charge in [-0.1, -0.05) is 0 Å². The normalized spacial score (nSPS) is 13.8. The molecule has 0 fully saturated rings. The molecular weight excluding hydrogens is 300 g/mol. The minimum atomic E-state index is -1.58. The summed E-state index contributed by atoms with van der Waals surface area (Å²) < 4.78 is 0. The van der Waals surface area contributed by atoms with Gasteiger partial charge in [0, 0.05) is 12.6 Å². The van der Waals surface area contributed by atoms with Crippen LogP contribution in [0.1, 0.15) is 6.92 Å². The van der Waals surface area contributed by atoms with E-state index in [0.29, 0.717) is 0 Å². The van der Waals surface area contributed by atoms with Gasteiger partial charge < -0.3 is 26.8 Å². The van der Waals surface area contributed by atoms with E-state index in [1.807, 2.05) is 0 Å². The number of aliphatic carboxylic acids is 3. The van der Waals surface area contributed by atoms with Gasteiger partial charge in [-0.3, -0.25) is 24.2 Å². The fourth-order valence-electron chi connectivity index (χ4n) is 1.90. The predicted octanol–water partition coefficient (Wildman–Crippen LogP) is -3.00. The van der Waals surface area contributed by atoms with E-state index in [-0.39, 0.29) is 13.1 Å². The number of primary amides is 1. The van der Waals surface area contributed by atoms with Gasteiger partial charge in [0.2, 0.25) is 5.91 Å². The SMILES string of the molecule is C[C@@H](CN(CC(N)=O)CC(=O)O)N(CC(=O)O)C(N)C(=O)O. The zero-order chi connectivity index (χ0) is 17.4. The monoisotopic (exact) mass is 320 g/mol. The number of carboxylic acids is 3. The number of carbonyl (C=O) groups excluding carboxylic acids is 1. The summed E-state index contributed by atoms with van der Waals surface area (Å²) in [5.41, 5.74) is 10.4. The Morgan fingerprint density at radius 1 is 1.00 bits per heavy atom. The maximum absolute atomic E-state index is 10.9. The first-order chi connectivity index (χ1) is 10.0. The third-order valence-electron chi connectivity index (χ3n) is 2.76. The first-order valence-corrected chi connectivity index (χ1v) is 6.23. The van der Waals surface area contributed by atoms with Gasteiger partial charge in [-0.05, 0) is 6.92 Å². The van der Waals surface area contributed by atoms with Crippen molar-refractivity contribution in [1.29, 1.82) is 0 Å². The van der Waals surface area contributed by atoms with E-state index >= 15 is 0 Å². The van der Waals surface area contributed by atoms with E-state index in [0.717, 1.165) is 4.90 Å². The van der Waals surface area contributed by atoms with Crippen LogP contribution in [0, 0.1) is 0 Å². The molecule has 11 heteroatoms. The molecule has 1 amide bonds. The molecule has 0 aromatic heterocycles. The number of hydrogen-bond acceptors (Lipinski definition) is 7. The van der Waals surface area contributed by atoms with Crippen LogP contribution in [0.3, 0.4) is 0 Å². The Morgan fingerprint density at radius 2 is 1.50 bits per heavy atom. The summed E-state index contributed by atoms with van der Waals surface area (Å²) >= 11 is 0. The lowest BCUT2D eigenvalue weighted by Gasteiger charge is -2.33. The van der Waals surface area contributed by atoms with E-state index < -0.39 is 49.1 Å². The second-order valence-corrected chi connectivity index (χ2v) is 4.73. The molecule has 11 nitrogen and oxygen atoms in total. The number of nitrogens with two attached hydrogens (primary N) is 2. The topological polar surface area (TPSA) is 187 Å². The van der Waals surface area contributed by atoms with Crippen LogP contribution in [0.15, 0.2) is 0 Å². The Hall–Kier alpha value is -2.24. The predicted molar refractivity (Wildman–Crippen MR) is 72.7 cm³/mol. The number of amides is 1. The Bertz CT molecular complexity index is 426. The molecule has 0 bridgehead atoms. The van der Waals surface area contributed by atoms with Gasteiger partial charge in [-0.2, -0.15) is 0 Å². The lowest BCUT2D eigenvalue weighted by atomic mass is 10.2. The van der Waals surface area contributed by atoms with Crippen LogP contribution in [-0.4, -0.2) is 87.3 Å². The van der Waals surface area contributed by atoms with Crippen LogP contribution >= 0.6 is 0 Å². The molecule has 126 valence electrons. The highest BCUT2D eigenvalue weighted by Crippen LogP contribution is 2.05. The van der Waals surface area contributed by atoms with Crippen molar-refractivity contribution >= 4 is 23.8 Å². The van der Waals surface area contributed by atoms with Gasteiger partial charge in [-0.15, -0.1) is 0 Å². The maximum atomic E-state index is 10.9. The Balaban J connectivity index is 5.04. The van der Waals surface area contributed by atoms with Gasteiger partial charge >= 0.3 is 17.9 Å². The standard InChI is InChI=1S/C11H20N4O7/c1-6(2-14(3-7(12)16)4-8(17)18)15(5-9(19)20)10(13)11(21)22/h6,10H,2-5,13H2,1H3,(H2,12,16)(H,17,18)(H,19,20)(H,21,22)/t6-,10?/m0/s1. The van der Waals surface area contributed by atoms with Crippen molar-refractivity contribution in [3.05, 3.63) is 0 Å². The van der Waals surface area contributed by atoms with Gasteiger partial charge in [0.05, 0.1) is 19.6 Å². The van der Waals surface area contributed by atoms with Gasteiger partial charge in [-0.25, -0.2) is 4.79 Å². The van der Waals surface area contributed by atoms with Crippen LogP contribution in [0.2, 0.25) is 0 Å². The molecule has 0 heterocycles. The van der Waals surface area contributed by atoms with E-state index in [4.69, 9.17) is 26.8 Å². The number of carbonyl (C=O) groups is 4. The quantitative estimate of drug-likeness (QED) is 0.245. The highest BCUT2D eigenvalue weighted by Gasteiger charge is 2.29. The van der Waals surface area contributed by atoms with E-state index in [2.05, 4.69) is 0 Å². The minimum Gasteiger partial charge on any atom is -0.480 e. The summed E-state index contributed by atoms with van der Waals surface area (Å²) in [7, 11) is 0. The molecular formula is C11H20N4O7. The smallest absolute Gasteiger partial charge is 0.335 e. The average molecular weight is 320 g/mol. The number of carboxylic acid groups (broad SMARTS) is 3. The molecule has 0 radical (unpaired) electrons. The summed E-state index contributed by atoms with van der Waals surface area (Å²) in [6, 6.07) is -0.735. The van der Waals surface area contributed by atoms with Crippen LogP contribution in [-0.2, 0) is 19.2 Å². The van der Waals surface area contributed by atoms with Crippen molar-refractivity contribution in [3.63, 3.8) is 0 Å². The van der Waals surface area contributed by atoms with Crippen molar-refractivity contribution < 1.29 is 34.5 Å². The van der Waals surface area contributed by atoms with Gasteiger partial charge in [0.15, 0.2) is 6.17 Å². The molecule has 0 spiro atoms. The Morgan fingerprint density at radius 3 is 1.86 bits per heavy atom. The highest BCUT2D eigenvalue weighted by molar-refractivity contribution is 5.77. The van der Waals surface area contributed by atoms with Crippen LogP contribution < -0.4 is 11.5 Å². The average Bonchev–Trinajstić information content (AvgIpc) is 2.32. The molecule has 0 aliphatic rings. The Kier molecular flexibility index (Phi) is 8.01. The maximum Gasteiger partial charge on any atom is 0.335 e. The minimum absolute atomic E-state index is 0.0938. The van der Waals surface area contributed by atoms with E-state index in [9.17, 15) is 19.2 Å². The van der Waals surface area contributed by atoms with Crippen molar-refractivity contribution in [1.82, 2.24) is 9.80 Å². The fraction of sp³-hybridized carbons (Fsp3) is 0.636. The molecule has 22 heavy (non-hydrogen) atoms. The lowest BCUT2D eigenvalue weighted by molar-refractivity contribution is -0.149. The molecule has 0 aromatic rings. The first kappa shape index (κ1) is 19.8. The summed E-state index contributed by atoms with van der Waals surface area (Å²) in [5.74, 6) is -4.68. The highest BCUT2D eigenvalue weighted by atomic mass is 16.4. The molecule has 7 N–H and O–H groups in total. The van der Waals surface area contributed by atoms with Gasteiger partial charge in [0.1, 0.15) is 0 Å². The summed E-state index contributed by atoms with van der Waals surface area (Å²) in [6.45, 7) is -0.131. The van der Waals surface area contributed by atoms with Crippen LogP contribution in [0.25, 0.3) is 0 Å². The van der Waals surface area contributed by atoms with Crippen LogP contribution in [0.4, 0.5) is 0 Å². The lowest BCUT2D eigenvalue weighted by Crippen LogP contribution is -2.56. The Labute approximate surface area is 126 Å². The first-order valence-electron chi connectivity index (χ1n) is 6.23. The number of nitrogens with zero attached hydrogens (tertiary/aromatic N) is 2. The third-order valence-corrected chi connectivity index (χ3v) is 2.76. The molecule has 0 saturated heterocycles. The molecule has 0 aliphatic carbocycles. The molecule has 0 saturated carbocycles. The molecule has 0 aliphatic heterocycles. The van der Waals surface area contributed by atoms with Crippen molar-refractivity contribution in [2.24, 2.45) is 11.5 Å². The molecule has 2 atom stereocenters. The molecule has 1 unspecified atom stereocenters. The summed E-state index contributed by atoms with van der Waals surface area (Å²) in [4.78, 5) is 45.5. The summed E-state index contributed by atoms with van der Waals surface area (Å²) in [5, 5.41) is 26.5. The van der Waals surface area contributed by atoms with Gasteiger partial charge in [0.25, 0.3) is 0 Å². The zero-order valence-corrected chi connectivity index (χ0v) is 12.0. The molecule has 0 aromatic carbocycles.